The second-order valence-electron chi connectivity index (χ2n) is 7.77. The van der Waals surface area contributed by atoms with Crippen molar-refractivity contribution in [2.24, 2.45) is 5.92 Å². The van der Waals surface area contributed by atoms with Crippen molar-refractivity contribution in [2.75, 3.05) is 25.0 Å². The van der Waals surface area contributed by atoms with E-state index in [1.54, 1.807) is 30.3 Å². The summed E-state index contributed by atoms with van der Waals surface area (Å²) in [5, 5.41) is 2.80. The Kier molecular flexibility index (Phi) is 7.55. The van der Waals surface area contributed by atoms with Gasteiger partial charge in [-0.2, -0.15) is 4.31 Å². The van der Waals surface area contributed by atoms with Gasteiger partial charge in [0.15, 0.2) is 0 Å². The van der Waals surface area contributed by atoms with Crippen LogP contribution < -0.4 is 10.1 Å². The number of anilines is 1. The summed E-state index contributed by atoms with van der Waals surface area (Å²) < 4.78 is 33.2. The van der Waals surface area contributed by atoms with Gasteiger partial charge >= 0.3 is 0 Å². The van der Waals surface area contributed by atoms with Gasteiger partial charge in [-0.05, 0) is 83.6 Å². The molecule has 0 bridgehead atoms. The standard InChI is InChI=1S/C22H27BrN2O4S/c1-16(2)11-14-29-21-10-5-17(15-20(21)23)22(26)24-18-6-8-19(9-7-18)30(27,28)25-12-3-4-13-25/h5-10,15-16H,3-4,11-14H2,1-2H3,(H,24,26). The van der Waals surface area contributed by atoms with Gasteiger partial charge in [0.05, 0.1) is 16.0 Å². The molecule has 1 aliphatic heterocycles. The largest absolute Gasteiger partial charge is 0.492 e. The van der Waals surface area contributed by atoms with E-state index in [0.717, 1.165) is 19.3 Å². The second-order valence-corrected chi connectivity index (χ2v) is 10.6. The van der Waals surface area contributed by atoms with Gasteiger partial charge < -0.3 is 10.1 Å². The van der Waals surface area contributed by atoms with Crippen LogP contribution in [0.4, 0.5) is 5.69 Å². The molecule has 1 N–H and O–H groups in total. The van der Waals surface area contributed by atoms with Gasteiger partial charge in [0.2, 0.25) is 10.0 Å². The quantitative estimate of drug-likeness (QED) is 0.565. The minimum atomic E-state index is -3.46. The van der Waals surface area contributed by atoms with Crippen molar-refractivity contribution in [1.82, 2.24) is 4.31 Å². The first-order valence-corrected chi connectivity index (χ1v) is 12.3. The average Bonchev–Trinajstić information content (AvgIpc) is 3.25. The molecule has 30 heavy (non-hydrogen) atoms. The van der Waals surface area contributed by atoms with Gasteiger partial charge in [0.25, 0.3) is 5.91 Å². The molecule has 0 aromatic heterocycles. The van der Waals surface area contributed by atoms with Crippen LogP contribution in [0, 0.1) is 5.92 Å². The first kappa shape index (κ1) is 22.8. The van der Waals surface area contributed by atoms with Crippen LogP contribution in [0.25, 0.3) is 0 Å². The monoisotopic (exact) mass is 494 g/mol. The number of benzene rings is 2. The van der Waals surface area contributed by atoms with Crippen LogP contribution >= 0.6 is 15.9 Å². The van der Waals surface area contributed by atoms with Crippen LogP contribution in [0.3, 0.4) is 0 Å². The van der Waals surface area contributed by atoms with Gasteiger partial charge in [-0.1, -0.05) is 13.8 Å². The number of hydrogen-bond acceptors (Lipinski definition) is 4. The van der Waals surface area contributed by atoms with Crippen LogP contribution in [-0.2, 0) is 10.0 Å². The van der Waals surface area contributed by atoms with E-state index in [1.165, 1.54) is 16.4 Å². The molecule has 0 spiro atoms. The number of halogens is 1. The smallest absolute Gasteiger partial charge is 0.255 e. The maximum absolute atomic E-state index is 12.6. The molecule has 2 aromatic rings. The third-order valence-corrected chi connectivity index (χ3v) is 7.49. The molecule has 8 heteroatoms. The van der Waals surface area contributed by atoms with E-state index in [0.29, 0.717) is 47.1 Å². The normalized spacial score (nSPS) is 14.8. The zero-order chi connectivity index (χ0) is 21.7. The lowest BCUT2D eigenvalue weighted by Gasteiger charge is -2.15. The molecule has 3 rings (SSSR count). The molecule has 6 nitrogen and oxygen atoms in total. The Bertz CT molecular complexity index is 985. The summed E-state index contributed by atoms with van der Waals surface area (Å²) in [7, 11) is -3.46. The molecule has 1 aliphatic rings. The van der Waals surface area contributed by atoms with E-state index in [4.69, 9.17) is 4.74 Å². The number of carbonyl (C=O) groups excluding carboxylic acids is 1. The van der Waals surface area contributed by atoms with Crippen molar-refractivity contribution >= 4 is 37.5 Å². The van der Waals surface area contributed by atoms with Crippen molar-refractivity contribution in [3.8, 4) is 5.75 Å². The predicted octanol–water partition coefficient (Wildman–Crippen LogP) is 4.91. The Morgan fingerprint density at radius 2 is 1.80 bits per heavy atom. The molecule has 1 heterocycles. The molecule has 0 atom stereocenters. The van der Waals surface area contributed by atoms with Crippen molar-refractivity contribution < 1.29 is 17.9 Å². The van der Waals surface area contributed by atoms with E-state index >= 15 is 0 Å². The zero-order valence-electron chi connectivity index (χ0n) is 17.2. The summed E-state index contributed by atoms with van der Waals surface area (Å²) in [6.07, 6.45) is 2.74. The molecular weight excluding hydrogens is 468 g/mol. The molecule has 2 aromatic carbocycles. The number of amides is 1. The number of nitrogens with zero attached hydrogens (tertiary/aromatic N) is 1. The van der Waals surface area contributed by atoms with Crippen LogP contribution in [0.1, 0.15) is 43.5 Å². The van der Waals surface area contributed by atoms with Crippen molar-refractivity contribution in [3.05, 3.63) is 52.5 Å². The first-order chi connectivity index (χ1) is 14.3. The van der Waals surface area contributed by atoms with Gasteiger partial charge in [0.1, 0.15) is 5.75 Å². The van der Waals surface area contributed by atoms with Crippen LogP contribution in [0.5, 0.6) is 5.75 Å². The topological polar surface area (TPSA) is 75.7 Å². The third kappa shape index (κ3) is 5.62. The van der Waals surface area contributed by atoms with Crippen LogP contribution in [0.15, 0.2) is 51.8 Å². The summed E-state index contributed by atoms with van der Waals surface area (Å²) in [6.45, 7) is 6.02. The minimum absolute atomic E-state index is 0.244. The fourth-order valence-corrected chi connectivity index (χ4v) is 5.17. The van der Waals surface area contributed by atoms with Crippen molar-refractivity contribution in [3.63, 3.8) is 0 Å². The fourth-order valence-electron chi connectivity index (χ4n) is 3.15. The number of ether oxygens (including phenoxy) is 1. The second kappa shape index (κ2) is 9.94. The summed E-state index contributed by atoms with van der Waals surface area (Å²) in [6, 6.07) is 11.5. The molecule has 1 saturated heterocycles. The van der Waals surface area contributed by atoms with E-state index < -0.39 is 10.0 Å². The molecule has 0 saturated carbocycles. The minimum Gasteiger partial charge on any atom is -0.492 e. The molecular formula is C22H27BrN2O4S. The van der Waals surface area contributed by atoms with Gasteiger partial charge in [-0.3, -0.25) is 4.79 Å². The van der Waals surface area contributed by atoms with E-state index in [9.17, 15) is 13.2 Å². The number of sulfonamides is 1. The summed E-state index contributed by atoms with van der Waals surface area (Å²) in [5.74, 6) is 0.980. The van der Waals surface area contributed by atoms with Gasteiger partial charge in [-0.15, -0.1) is 0 Å². The Morgan fingerprint density at radius 1 is 1.13 bits per heavy atom. The Labute approximate surface area is 186 Å². The maximum Gasteiger partial charge on any atom is 0.255 e. The lowest BCUT2D eigenvalue weighted by molar-refractivity contribution is 0.102. The van der Waals surface area contributed by atoms with E-state index in [1.807, 2.05) is 0 Å². The highest BCUT2D eigenvalue weighted by molar-refractivity contribution is 9.10. The SMILES string of the molecule is CC(C)CCOc1ccc(C(=O)Nc2ccc(S(=O)(=O)N3CCCC3)cc2)cc1Br. The number of carbonyl (C=O) groups is 1. The molecule has 0 aliphatic carbocycles. The lowest BCUT2D eigenvalue weighted by atomic mass is 10.1. The number of rotatable bonds is 8. The van der Waals surface area contributed by atoms with Crippen molar-refractivity contribution in [2.45, 2.75) is 38.0 Å². The number of hydrogen-bond donors (Lipinski definition) is 1. The highest BCUT2D eigenvalue weighted by Gasteiger charge is 2.26. The molecule has 1 amide bonds. The lowest BCUT2D eigenvalue weighted by Crippen LogP contribution is -2.27. The molecule has 162 valence electrons. The van der Waals surface area contributed by atoms with E-state index in [2.05, 4.69) is 35.1 Å². The molecule has 1 fully saturated rings. The van der Waals surface area contributed by atoms with Crippen molar-refractivity contribution in [1.29, 1.82) is 0 Å². The first-order valence-electron chi connectivity index (χ1n) is 10.1. The zero-order valence-corrected chi connectivity index (χ0v) is 19.6. The third-order valence-electron chi connectivity index (χ3n) is 4.96. The number of nitrogens with one attached hydrogen (secondary N) is 1. The summed E-state index contributed by atoms with van der Waals surface area (Å²) in [5.41, 5.74) is 1.01. The van der Waals surface area contributed by atoms with Crippen LogP contribution in [0.2, 0.25) is 0 Å². The highest BCUT2D eigenvalue weighted by atomic mass is 79.9. The Balaban J connectivity index is 1.63. The fraction of sp³-hybridized carbons (Fsp3) is 0.409. The molecule has 0 unspecified atom stereocenters. The van der Waals surface area contributed by atoms with Crippen LogP contribution in [-0.4, -0.2) is 38.3 Å². The highest BCUT2D eigenvalue weighted by Crippen LogP contribution is 2.27. The predicted molar refractivity (Wildman–Crippen MR) is 121 cm³/mol. The Hall–Kier alpha value is -1.90. The molecule has 0 radical (unpaired) electrons. The van der Waals surface area contributed by atoms with E-state index in [-0.39, 0.29) is 10.8 Å². The summed E-state index contributed by atoms with van der Waals surface area (Å²) in [4.78, 5) is 12.8. The average molecular weight is 495 g/mol. The van der Waals surface area contributed by atoms with Gasteiger partial charge in [-0.25, -0.2) is 8.42 Å². The Morgan fingerprint density at radius 3 is 2.40 bits per heavy atom. The summed E-state index contributed by atoms with van der Waals surface area (Å²) >= 11 is 3.46. The van der Waals surface area contributed by atoms with Gasteiger partial charge in [0, 0.05) is 24.3 Å². The maximum atomic E-state index is 12.6.